The largest absolute Gasteiger partial charge is 0.444 e. The quantitative estimate of drug-likeness (QED) is 0.676. The average molecular weight is 345 g/mol. The standard InChI is InChI=1S/C14H21BrN2O3/c1-13(2,3)19-12(18)17-9-4-5-10(17)7-14(6-9)8-11(15)16-20-14/h9-10H,4-8H2,1-3H3/t9-,10+,14?. The van der Waals surface area contributed by atoms with Gasteiger partial charge in [0.15, 0.2) is 0 Å². The first-order chi connectivity index (χ1) is 9.28. The van der Waals surface area contributed by atoms with Gasteiger partial charge in [-0.05, 0) is 49.5 Å². The molecule has 112 valence electrons. The molecular weight excluding hydrogens is 324 g/mol. The molecule has 2 fully saturated rings. The van der Waals surface area contributed by atoms with Crippen molar-refractivity contribution in [3.63, 3.8) is 0 Å². The number of hydrogen-bond donors (Lipinski definition) is 0. The molecule has 0 aromatic rings. The lowest BCUT2D eigenvalue weighted by molar-refractivity contribution is -0.0852. The van der Waals surface area contributed by atoms with Gasteiger partial charge in [-0.2, -0.15) is 0 Å². The molecule has 3 rings (SSSR count). The maximum atomic E-state index is 12.4. The van der Waals surface area contributed by atoms with Crippen LogP contribution in [-0.2, 0) is 9.57 Å². The highest BCUT2D eigenvalue weighted by Crippen LogP contribution is 2.47. The number of ether oxygens (including phenoxy) is 1. The van der Waals surface area contributed by atoms with Gasteiger partial charge in [-0.15, -0.1) is 0 Å². The van der Waals surface area contributed by atoms with Gasteiger partial charge in [-0.3, -0.25) is 0 Å². The van der Waals surface area contributed by atoms with E-state index in [1.54, 1.807) is 0 Å². The summed E-state index contributed by atoms with van der Waals surface area (Å²) >= 11 is 3.41. The third-order valence-electron chi connectivity index (χ3n) is 4.25. The summed E-state index contributed by atoms with van der Waals surface area (Å²) in [5.74, 6) is 0. The van der Waals surface area contributed by atoms with Crippen LogP contribution in [0.15, 0.2) is 5.16 Å². The summed E-state index contributed by atoms with van der Waals surface area (Å²) < 4.78 is 6.42. The van der Waals surface area contributed by atoms with Crippen LogP contribution in [0.4, 0.5) is 4.79 Å². The first kappa shape index (κ1) is 14.2. The summed E-state index contributed by atoms with van der Waals surface area (Å²) in [4.78, 5) is 20.0. The van der Waals surface area contributed by atoms with Gasteiger partial charge in [-0.25, -0.2) is 4.79 Å². The van der Waals surface area contributed by atoms with Crippen LogP contribution >= 0.6 is 15.9 Å². The van der Waals surface area contributed by atoms with Gasteiger partial charge in [0.2, 0.25) is 0 Å². The highest BCUT2D eigenvalue weighted by atomic mass is 79.9. The number of nitrogens with zero attached hydrogens (tertiary/aromatic N) is 2. The Balaban J connectivity index is 1.71. The molecule has 3 aliphatic heterocycles. The molecule has 20 heavy (non-hydrogen) atoms. The molecule has 0 aromatic carbocycles. The Kier molecular flexibility index (Phi) is 3.27. The van der Waals surface area contributed by atoms with E-state index >= 15 is 0 Å². The lowest BCUT2D eigenvalue weighted by Gasteiger charge is -2.43. The number of carbonyl (C=O) groups excluding carboxylic acids is 1. The van der Waals surface area contributed by atoms with Crippen molar-refractivity contribution >= 4 is 26.6 Å². The second-order valence-corrected chi connectivity index (χ2v) is 8.01. The number of rotatable bonds is 0. The monoisotopic (exact) mass is 344 g/mol. The lowest BCUT2D eigenvalue weighted by Crippen LogP contribution is -2.54. The van der Waals surface area contributed by atoms with E-state index in [2.05, 4.69) is 21.1 Å². The fourth-order valence-corrected chi connectivity index (χ4v) is 4.20. The number of amides is 1. The molecule has 5 nitrogen and oxygen atoms in total. The average Bonchev–Trinajstić information content (AvgIpc) is 2.77. The Morgan fingerprint density at radius 3 is 2.45 bits per heavy atom. The fraction of sp³-hybridized carbons (Fsp3) is 0.857. The smallest absolute Gasteiger partial charge is 0.410 e. The third-order valence-corrected chi connectivity index (χ3v) is 4.67. The number of hydrogen-bond acceptors (Lipinski definition) is 4. The van der Waals surface area contributed by atoms with E-state index in [9.17, 15) is 4.79 Å². The number of fused-ring (bicyclic) bond motifs is 2. The Morgan fingerprint density at radius 1 is 1.40 bits per heavy atom. The summed E-state index contributed by atoms with van der Waals surface area (Å²) in [6.45, 7) is 5.72. The van der Waals surface area contributed by atoms with Crippen molar-refractivity contribution in [2.45, 2.75) is 76.2 Å². The molecule has 3 atom stereocenters. The van der Waals surface area contributed by atoms with Crippen molar-refractivity contribution in [3.8, 4) is 0 Å². The summed E-state index contributed by atoms with van der Waals surface area (Å²) in [6.07, 6.45) is 4.40. The lowest BCUT2D eigenvalue weighted by atomic mass is 9.84. The topological polar surface area (TPSA) is 51.1 Å². The number of carbonyl (C=O) groups is 1. The summed E-state index contributed by atoms with van der Waals surface area (Å²) in [5.41, 5.74) is -0.648. The van der Waals surface area contributed by atoms with E-state index in [1.807, 2.05) is 25.7 Å². The summed E-state index contributed by atoms with van der Waals surface area (Å²) in [5, 5.41) is 4.04. The van der Waals surface area contributed by atoms with E-state index in [1.165, 1.54) is 0 Å². The minimum atomic E-state index is -0.443. The van der Waals surface area contributed by atoms with Crippen LogP contribution in [0.2, 0.25) is 0 Å². The van der Waals surface area contributed by atoms with Crippen molar-refractivity contribution in [2.75, 3.05) is 0 Å². The van der Waals surface area contributed by atoms with Crippen molar-refractivity contribution in [1.82, 2.24) is 4.90 Å². The normalized spacial score (nSPS) is 36.0. The SMILES string of the molecule is CC(C)(C)OC(=O)N1[C@@H]2CC[C@H]1CC1(CC(Br)=NO1)C2. The minimum absolute atomic E-state index is 0.183. The van der Waals surface area contributed by atoms with Gasteiger partial charge in [0.1, 0.15) is 15.8 Å². The molecule has 0 aromatic heterocycles. The second kappa shape index (κ2) is 4.61. The molecule has 1 unspecified atom stereocenters. The summed E-state index contributed by atoms with van der Waals surface area (Å²) in [7, 11) is 0. The second-order valence-electron chi connectivity index (χ2n) is 7.10. The number of oxime groups is 1. The zero-order chi connectivity index (χ0) is 14.5. The van der Waals surface area contributed by atoms with Gasteiger partial charge in [0.25, 0.3) is 0 Å². The predicted octanol–water partition coefficient (Wildman–Crippen LogP) is 3.42. The van der Waals surface area contributed by atoms with Crippen molar-refractivity contribution in [3.05, 3.63) is 0 Å². The van der Waals surface area contributed by atoms with E-state index in [-0.39, 0.29) is 23.8 Å². The Morgan fingerprint density at radius 2 is 2.00 bits per heavy atom. The molecule has 6 heteroatoms. The van der Waals surface area contributed by atoms with Crippen molar-refractivity contribution < 1.29 is 14.4 Å². The maximum absolute atomic E-state index is 12.4. The van der Waals surface area contributed by atoms with Crippen LogP contribution in [0, 0.1) is 0 Å². The Bertz CT molecular complexity index is 444. The van der Waals surface area contributed by atoms with Crippen LogP contribution in [-0.4, -0.2) is 38.9 Å². The molecule has 0 saturated carbocycles. The first-order valence-corrected chi connectivity index (χ1v) is 7.99. The van der Waals surface area contributed by atoms with Crippen LogP contribution in [0.5, 0.6) is 0 Å². The Hall–Kier alpha value is -0.780. The molecular formula is C14H21BrN2O3. The zero-order valence-electron chi connectivity index (χ0n) is 12.2. The van der Waals surface area contributed by atoms with Crippen LogP contribution in [0.3, 0.4) is 0 Å². The van der Waals surface area contributed by atoms with Gasteiger partial charge in [-0.1, -0.05) is 5.16 Å². The van der Waals surface area contributed by atoms with Crippen molar-refractivity contribution in [2.24, 2.45) is 5.16 Å². The molecule has 0 N–H and O–H groups in total. The van der Waals surface area contributed by atoms with Gasteiger partial charge >= 0.3 is 6.09 Å². The van der Waals surface area contributed by atoms with E-state index < -0.39 is 5.60 Å². The molecule has 3 heterocycles. The van der Waals surface area contributed by atoms with Crippen molar-refractivity contribution in [1.29, 1.82) is 0 Å². The molecule has 2 saturated heterocycles. The minimum Gasteiger partial charge on any atom is -0.444 e. The van der Waals surface area contributed by atoms with Crippen LogP contribution in [0.1, 0.15) is 52.9 Å². The van der Waals surface area contributed by atoms with Gasteiger partial charge in [0.05, 0.1) is 0 Å². The van der Waals surface area contributed by atoms with Gasteiger partial charge < -0.3 is 14.5 Å². The molecule has 2 bridgehead atoms. The molecule has 3 aliphatic rings. The fourth-order valence-electron chi connectivity index (χ4n) is 3.61. The van der Waals surface area contributed by atoms with Crippen LogP contribution in [0.25, 0.3) is 0 Å². The molecule has 0 radical (unpaired) electrons. The Labute approximate surface area is 127 Å². The predicted molar refractivity (Wildman–Crippen MR) is 78.9 cm³/mol. The number of piperidine rings is 1. The highest BCUT2D eigenvalue weighted by Gasteiger charge is 2.54. The highest BCUT2D eigenvalue weighted by molar-refractivity contribution is 9.18. The van der Waals surface area contributed by atoms with Gasteiger partial charge in [0, 0.05) is 31.3 Å². The molecule has 1 amide bonds. The molecule has 0 aliphatic carbocycles. The first-order valence-electron chi connectivity index (χ1n) is 7.20. The number of halogens is 1. The van der Waals surface area contributed by atoms with Crippen LogP contribution < -0.4 is 0 Å². The maximum Gasteiger partial charge on any atom is 0.410 e. The zero-order valence-corrected chi connectivity index (χ0v) is 13.8. The van der Waals surface area contributed by atoms with E-state index in [0.29, 0.717) is 0 Å². The third kappa shape index (κ3) is 2.54. The van der Waals surface area contributed by atoms with E-state index in [4.69, 9.17) is 9.57 Å². The summed E-state index contributed by atoms with van der Waals surface area (Å²) in [6, 6.07) is 0.439. The molecule has 1 spiro atoms. The van der Waals surface area contributed by atoms with E-state index in [0.717, 1.165) is 36.7 Å².